The van der Waals surface area contributed by atoms with Gasteiger partial charge in [-0.25, -0.2) is 0 Å². The summed E-state index contributed by atoms with van der Waals surface area (Å²) in [5.74, 6) is 0.148. The Balaban J connectivity index is 2.22. The summed E-state index contributed by atoms with van der Waals surface area (Å²) in [5, 5.41) is 4.41. The van der Waals surface area contributed by atoms with Gasteiger partial charge in [-0.1, -0.05) is 12.1 Å². The van der Waals surface area contributed by atoms with E-state index in [1.165, 1.54) is 23.9 Å². The fraction of sp³-hybridized carbons (Fsp3) is 0.263. The number of para-hydroxylation sites is 1. The highest BCUT2D eigenvalue weighted by atomic mass is 19.4. The molecule has 3 aromatic rings. The Labute approximate surface area is 148 Å². The lowest BCUT2D eigenvalue weighted by Crippen LogP contribution is -2.11. The number of nitrogens with zero attached hydrogens (tertiary/aromatic N) is 2. The highest BCUT2D eigenvalue weighted by molar-refractivity contribution is 6.15. The largest absolute Gasteiger partial charge is 0.497 e. The minimum Gasteiger partial charge on any atom is -0.497 e. The summed E-state index contributed by atoms with van der Waals surface area (Å²) in [5.41, 5.74) is -0.541. The van der Waals surface area contributed by atoms with Crippen LogP contribution >= 0.6 is 0 Å². The molecule has 26 heavy (non-hydrogen) atoms. The Morgan fingerprint density at radius 2 is 1.77 bits per heavy atom. The lowest BCUT2D eigenvalue weighted by Gasteiger charge is -2.12. The second-order valence-corrected chi connectivity index (χ2v) is 6.14. The number of hydrogen-bond acceptors (Lipinski definition) is 3. The third kappa shape index (κ3) is 3.05. The molecule has 0 bridgehead atoms. The van der Waals surface area contributed by atoms with E-state index in [2.05, 4.69) is 5.10 Å². The number of benzene rings is 2. The lowest BCUT2D eigenvalue weighted by atomic mass is 10.0. The number of rotatable bonds is 4. The van der Waals surface area contributed by atoms with Crippen molar-refractivity contribution in [1.29, 1.82) is 0 Å². The molecule has 0 aliphatic rings. The Bertz CT molecular complexity index is 957. The van der Waals surface area contributed by atoms with E-state index in [1.807, 2.05) is 0 Å². The van der Waals surface area contributed by atoms with Gasteiger partial charge in [-0.2, -0.15) is 18.3 Å². The Morgan fingerprint density at radius 1 is 1.12 bits per heavy atom. The van der Waals surface area contributed by atoms with Gasteiger partial charge < -0.3 is 4.74 Å². The lowest BCUT2D eigenvalue weighted by molar-refractivity contribution is -0.136. The second kappa shape index (κ2) is 6.48. The SMILES string of the molecule is COc1ccc(C(=O)c2nn(C(C)C)c3c(C(F)(F)F)cccc23)cc1. The van der Waals surface area contributed by atoms with Crippen molar-refractivity contribution in [2.24, 2.45) is 0 Å². The highest BCUT2D eigenvalue weighted by Crippen LogP contribution is 2.37. The van der Waals surface area contributed by atoms with Crippen molar-refractivity contribution >= 4 is 16.7 Å². The molecule has 7 heteroatoms. The Kier molecular flexibility index (Phi) is 4.48. The topological polar surface area (TPSA) is 44.1 Å². The molecule has 0 saturated carbocycles. The number of fused-ring (bicyclic) bond motifs is 1. The summed E-state index contributed by atoms with van der Waals surface area (Å²) in [6.07, 6.45) is -4.54. The van der Waals surface area contributed by atoms with Crippen LogP contribution in [0.3, 0.4) is 0 Å². The maximum atomic E-state index is 13.4. The number of aromatic nitrogens is 2. The van der Waals surface area contributed by atoms with Crippen LogP contribution in [0.25, 0.3) is 10.9 Å². The first-order valence-corrected chi connectivity index (χ1v) is 8.01. The number of methoxy groups -OCH3 is 1. The van der Waals surface area contributed by atoms with Crippen LogP contribution in [-0.4, -0.2) is 22.7 Å². The quantitative estimate of drug-likeness (QED) is 0.622. The van der Waals surface area contributed by atoms with Crippen LogP contribution in [0.15, 0.2) is 42.5 Å². The van der Waals surface area contributed by atoms with E-state index in [4.69, 9.17) is 4.74 Å². The fourth-order valence-corrected chi connectivity index (χ4v) is 2.84. The van der Waals surface area contributed by atoms with E-state index in [0.717, 1.165) is 6.07 Å². The van der Waals surface area contributed by atoms with Gasteiger partial charge in [-0.15, -0.1) is 0 Å². The Hall–Kier alpha value is -2.83. The smallest absolute Gasteiger partial charge is 0.418 e. The molecule has 136 valence electrons. The molecule has 0 aliphatic heterocycles. The minimum absolute atomic E-state index is 0.00460. The highest BCUT2D eigenvalue weighted by Gasteiger charge is 2.35. The molecule has 0 unspecified atom stereocenters. The standard InChI is InChI=1S/C19H17F3N2O2/c1-11(2)24-17-14(5-4-6-15(17)19(20,21)22)16(23-24)18(25)12-7-9-13(26-3)10-8-12/h4-11H,1-3H3. The molecule has 0 spiro atoms. The number of ether oxygens (including phenoxy) is 1. The first kappa shape index (κ1) is 18.0. The normalized spacial score (nSPS) is 12.0. The molecule has 0 amide bonds. The molecular formula is C19H17F3N2O2. The van der Waals surface area contributed by atoms with Gasteiger partial charge in [0.1, 0.15) is 11.4 Å². The average molecular weight is 362 g/mol. The van der Waals surface area contributed by atoms with Crippen LogP contribution in [-0.2, 0) is 6.18 Å². The molecule has 2 aromatic carbocycles. The monoisotopic (exact) mass is 362 g/mol. The molecular weight excluding hydrogens is 345 g/mol. The summed E-state index contributed by atoms with van der Waals surface area (Å²) < 4.78 is 46.6. The van der Waals surface area contributed by atoms with E-state index in [1.54, 1.807) is 38.1 Å². The maximum absolute atomic E-state index is 13.4. The van der Waals surface area contributed by atoms with Crippen LogP contribution in [0.5, 0.6) is 5.75 Å². The maximum Gasteiger partial charge on any atom is 0.418 e. The zero-order valence-electron chi connectivity index (χ0n) is 14.5. The fourth-order valence-electron chi connectivity index (χ4n) is 2.84. The van der Waals surface area contributed by atoms with Gasteiger partial charge >= 0.3 is 6.18 Å². The summed E-state index contributed by atoms with van der Waals surface area (Å²) >= 11 is 0. The van der Waals surface area contributed by atoms with Crippen molar-refractivity contribution in [2.45, 2.75) is 26.1 Å². The number of hydrogen-bond donors (Lipinski definition) is 0. The summed E-state index contributed by atoms with van der Waals surface area (Å²) in [6.45, 7) is 3.45. The average Bonchev–Trinajstić information content (AvgIpc) is 3.00. The third-order valence-electron chi connectivity index (χ3n) is 4.09. The van der Waals surface area contributed by atoms with Crippen LogP contribution in [0.2, 0.25) is 0 Å². The molecule has 0 N–H and O–H groups in total. The molecule has 3 rings (SSSR count). The Morgan fingerprint density at radius 3 is 2.31 bits per heavy atom. The zero-order valence-corrected chi connectivity index (χ0v) is 14.5. The van der Waals surface area contributed by atoms with E-state index in [9.17, 15) is 18.0 Å². The molecule has 0 aliphatic carbocycles. The van der Waals surface area contributed by atoms with Gasteiger partial charge in [0.25, 0.3) is 0 Å². The molecule has 4 nitrogen and oxygen atoms in total. The summed E-state index contributed by atoms with van der Waals surface area (Å²) in [7, 11) is 1.51. The van der Waals surface area contributed by atoms with Gasteiger partial charge in [0.2, 0.25) is 5.78 Å². The van der Waals surface area contributed by atoms with Crippen molar-refractivity contribution in [1.82, 2.24) is 9.78 Å². The van der Waals surface area contributed by atoms with Gasteiger partial charge in [-0.3, -0.25) is 9.48 Å². The number of carbonyl (C=O) groups excluding carboxylic acids is 1. The van der Waals surface area contributed by atoms with Crippen LogP contribution in [0.1, 0.15) is 41.5 Å². The van der Waals surface area contributed by atoms with Gasteiger partial charge in [0.05, 0.1) is 18.2 Å². The van der Waals surface area contributed by atoms with E-state index < -0.39 is 17.5 Å². The van der Waals surface area contributed by atoms with E-state index >= 15 is 0 Å². The molecule has 0 saturated heterocycles. The van der Waals surface area contributed by atoms with Gasteiger partial charge in [-0.05, 0) is 44.2 Å². The van der Waals surface area contributed by atoms with E-state index in [0.29, 0.717) is 11.3 Å². The predicted octanol–water partition coefficient (Wildman–Crippen LogP) is 4.88. The predicted molar refractivity (Wildman–Crippen MR) is 91.5 cm³/mol. The number of halogens is 3. The zero-order chi connectivity index (χ0) is 19.1. The van der Waals surface area contributed by atoms with Crippen LogP contribution in [0, 0.1) is 0 Å². The molecule has 0 fully saturated rings. The van der Waals surface area contributed by atoms with Crippen molar-refractivity contribution in [3.8, 4) is 5.75 Å². The van der Waals surface area contributed by atoms with Crippen LogP contribution in [0.4, 0.5) is 13.2 Å². The van der Waals surface area contributed by atoms with Crippen molar-refractivity contribution in [2.75, 3.05) is 7.11 Å². The van der Waals surface area contributed by atoms with Crippen molar-refractivity contribution in [3.05, 3.63) is 59.3 Å². The molecule has 0 radical (unpaired) electrons. The number of ketones is 1. The van der Waals surface area contributed by atoms with Crippen molar-refractivity contribution in [3.63, 3.8) is 0 Å². The van der Waals surface area contributed by atoms with Crippen LogP contribution < -0.4 is 4.74 Å². The second-order valence-electron chi connectivity index (χ2n) is 6.14. The third-order valence-corrected chi connectivity index (χ3v) is 4.09. The molecule has 0 atom stereocenters. The van der Waals surface area contributed by atoms with Gasteiger partial charge in [0.15, 0.2) is 0 Å². The first-order valence-electron chi connectivity index (χ1n) is 8.01. The first-order chi connectivity index (χ1) is 12.2. The minimum atomic E-state index is -4.54. The van der Waals surface area contributed by atoms with E-state index in [-0.39, 0.29) is 22.6 Å². The summed E-state index contributed by atoms with van der Waals surface area (Å²) in [4.78, 5) is 12.9. The van der Waals surface area contributed by atoms with Gasteiger partial charge in [0, 0.05) is 17.0 Å². The summed E-state index contributed by atoms with van der Waals surface area (Å²) in [6, 6.07) is 9.83. The number of carbonyl (C=O) groups is 1. The van der Waals surface area contributed by atoms with Crippen molar-refractivity contribution < 1.29 is 22.7 Å². The molecule has 1 heterocycles. The molecule has 1 aromatic heterocycles. The number of alkyl halides is 3.